The molecule has 0 fully saturated rings. The fourth-order valence-electron chi connectivity index (χ4n) is 20.6. The molecule has 0 unspecified atom stereocenters. The summed E-state index contributed by atoms with van der Waals surface area (Å²) in [6.45, 7) is 0. The number of nitrogens with zero attached hydrogens (tertiary/aromatic N) is 8. The van der Waals surface area contributed by atoms with Crippen LogP contribution in [0, 0.1) is 0 Å². The van der Waals surface area contributed by atoms with Crippen LogP contribution >= 0.6 is 0 Å². The van der Waals surface area contributed by atoms with Crippen LogP contribution < -0.4 is 0 Å². The van der Waals surface area contributed by atoms with Crippen molar-refractivity contribution in [2.75, 3.05) is 0 Å². The fourth-order valence-corrected chi connectivity index (χ4v) is 20.6. The highest BCUT2D eigenvalue weighted by Crippen LogP contribution is 2.49. The van der Waals surface area contributed by atoms with Gasteiger partial charge in [0, 0.05) is 93.1 Å². The molecule has 0 saturated carbocycles. The third-order valence-corrected chi connectivity index (χ3v) is 26.4. The number of hydrogen-bond donors (Lipinski definition) is 0. The Balaban J connectivity index is 0.579. The van der Waals surface area contributed by atoms with Crippen LogP contribution in [0.5, 0.6) is 0 Å². The van der Waals surface area contributed by atoms with Gasteiger partial charge in [-0.1, -0.05) is 267 Å². The first-order chi connectivity index (χ1) is 62.9. The van der Waals surface area contributed by atoms with E-state index in [1.165, 1.54) is 43.1 Å². The van der Waals surface area contributed by atoms with Crippen LogP contribution in [0.15, 0.2) is 401 Å². The Labute approximate surface area is 722 Å². The van der Waals surface area contributed by atoms with Crippen molar-refractivity contribution < 1.29 is 13.3 Å². The monoisotopic (exact) mass is 1620 g/mol. The Morgan fingerprint density at radius 3 is 1.22 bits per heavy atom. The maximum Gasteiger partial charge on any atom is 0.167 e. The number of benzene rings is 21. The van der Waals surface area contributed by atoms with Crippen molar-refractivity contribution in [2.24, 2.45) is 0 Å². The van der Waals surface area contributed by atoms with Gasteiger partial charge in [-0.3, -0.25) is 0 Å². The first-order valence-corrected chi connectivity index (χ1v) is 42.9. The Morgan fingerprint density at radius 2 is 0.583 bits per heavy atom. The summed E-state index contributed by atoms with van der Waals surface area (Å²) in [4.78, 5) is 32.3. The van der Waals surface area contributed by atoms with Crippen LogP contribution in [-0.4, -0.2) is 39.0 Å². The van der Waals surface area contributed by atoms with Gasteiger partial charge in [0.15, 0.2) is 34.9 Å². The average molecular weight is 1620 g/mol. The molecule has 28 rings (SSSR count). The Bertz CT molecular complexity index is 9700. The predicted molar refractivity (Wildman–Crippen MR) is 522 cm³/mol. The summed E-state index contributed by atoms with van der Waals surface area (Å²) in [5.41, 5.74) is 18.4. The molecule has 0 saturated heterocycles. The minimum Gasteiger partial charge on any atom is -0.456 e. The van der Waals surface area contributed by atoms with E-state index in [-0.39, 0.29) is 0 Å². The molecular formula is C116H64N8O3. The van der Waals surface area contributed by atoms with Gasteiger partial charge >= 0.3 is 0 Å². The van der Waals surface area contributed by atoms with Gasteiger partial charge in [0.25, 0.3) is 0 Å². The molecule has 127 heavy (non-hydrogen) atoms. The Morgan fingerprint density at radius 1 is 0.165 bits per heavy atom. The van der Waals surface area contributed by atoms with E-state index in [2.05, 4.69) is 300 Å². The third-order valence-electron chi connectivity index (χ3n) is 26.4. The number of rotatable bonds is 9. The molecule has 11 nitrogen and oxygen atoms in total. The predicted octanol–water partition coefficient (Wildman–Crippen LogP) is 30.8. The maximum atomic E-state index is 6.93. The van der Waals surface area contributed by atoms with E-state index in [1.807, 2.05) is 97.1 Å². The lowest BCUT2D eigenvalue weighted by Gasteiger charge is -2.14. The molecule has 0 aliphatic carbocycles. The van der Waals surface area contributed by atoms with Crippen molar-refractivity contribution in [1.29, 1.82) is 0 Å². The van der Waals surface area contributed by atoms with Crippen LogP contribution in [0.1, 0.15) is 0 Å². The van der Waals surface area contributed by atoms with Gasteiger partial charge < -0.3 is 22.4 Å². The third kappa shape index (κ3) is 10.5. The molecular weight excluding hydrogens is 1550 g/mol. The second kappa shape index (κ2) is 26.6. The number of fused-ring (bicyclic) bond motifs is 27. The van der Waals surface area contributed by atoms with Gasteiger partial charge in [0.2, 0.25) is 0 Å². The molecule has 0 bridgehead atoms. The number of aromatic nitrogens is 8. The zero-order valence-corrected chi connectivity index (χ0v) is 67.8. The lowest BCUT2D eigenvalue weighted by molar-refractivity contribution is 0.669. The van der Waals surface area contributed by atoms with Crippen LogP contribution in [0.2, 0.25) is 0 Å². The molecule has 0 atom stereocenters. The molecule has 0 aliphatic rings. The summed E-state index contributed by atoms with van der Waals surface area (Å²) in [5, 5.41) is 28.8. The van der Waals surface area contributed by atoms with E-state index in [0.717, 1.165) is 208 Å². The lowest BCUT2D eigenvalue weighted by atomic mass is 9.91. The highest BCUT2D eigenvalue weighted by Gasteiger charge is 2.27. The van der Waals surface area contributed by atoms with Gasteiger partial charge in [-0.15, -0.1) is 0 Å². The lowest BCUT2D eigenvalue weighted by Crippen LogP contribution is -2.00. The molecule has 7 aromatic heterocycles. The van der Waals surface area contributed by atoms with Gasteiger partial charge in [-0.2, -0.15) is 0 Å². The van der Waals surface area contributed by atoms with Crippen LogP contribution in [0.3, 0.4) is 0 Å². The van der Waals surface area contributed by atoms with Gasteiger partial charge in [0.05, 0.1) is 27.6 Å². The maximum absolute atomic E-state index is 6.93. The van der Waals surface area contributed by atoms with Crippen molar-refractivity contribution in [3.8, 4) is 90.8 Å². The summed E-state index contributed by atoms with van der Waals surface area (Å²) >= 11 is 0. The van der Waals surface area contributed by atoms with Gasteiger partial charge in [-0.25, -0.2) is 29.9 Å². The molecule has 11 heteroatoms. The quantitative estimate of drug-likeness (QED) is 0.130. The molecule has 0 aliphatic heterocycles. The second-order valence-corrected chi connectivity index (χ2v) is 33.5. The summed E-state index contributed by atoms with van der Waals surface area (Å²) in [7, 11) is 0. The van der Waals surface area contributed by atoms with E-state index < -0.39 is 0 Å². The minimum atomic E-state index is 0.509. The van der Waals surface area contributed by atoms with E-state index >= 15 is 0 Å². The zero-order chi connectivity index (χ0) is 82.8. The van der Waals surface area contributed by atoms with Crippen LogP contribution in [0.4, 0.5) is 0 Å². The highest BCUT2D eigenvalue weighted by molar-refractivity contribution is 6.28. The van der Waals surface area contributed by atoms with Crippen molar-refractivity contribution >= 4 is 196 Å². The zero-order valence-electron chi connectivity index (χ0n) is 67.8. The SMILES string of the molecule is c1ccc(-c2nc(-c3ccc4cc(-c5ccc6cc7c8cc9ccccc9cc8n(-c8ccc9ccc%10oc%11cccc(-c%12nc(-c%13ccccc%13)nc(-c%13cccc%14c%13oc%13ccccc%13%14)n%12)c%11c%10c9c8)c7cc6c5)c5ccccc5c4c3)nc(-c3cccc4oc5ccc6ccc(-n7c8cc9ccccc9cc8c8c9ccccc9ccc87)cc6c5c34)n2)cc1. The second-order valence-electron chi connectivity index (χ2n) is 33.5. The van der Waals surface area contributed by atoms with E-state index in [9.17, 15) is 0 Å². The molecule has 0 radical (unpaired) electrons. The summed E-state index contributed by atoms with van der Waals surface area (Å²) < 4.78 is 25.4. The fraction of sp³-hybridized carbons (Fsp3) is 0. The molecule has 0 N–H and O–H groups in total. The van der Waals surface area contributed by atoms with Crippen molar-refractivity contribution in [3.05, 3.63) is 388 Å². The molecule has 0 amide bonds. The number of para-hydroxylation sites is 2. The topological polar surface area (TPSA) is 127 Å². The number of hydrogen-bond acceptors (Lipinski definition) is 9. The molecule has 0 spiro atoms. The van der Waals surface area contributed by atoms with Gasteiger partial charge in [-0.05, 0) is 219 Å². The summed E-state index contributed by atoms with van der Waals surface area (Å²) in [6.07, 6.45) is 0. The van der Waals surface area contributed by atoms with Gasteiger partial charge in [0.1, 0.15) is 33.5 Å². The summed E-state index contributed by atoms with van der Waals surface area (Å²) in [6, 6.07) is 139. The average Bonchev–Trinajstić information content (AvgIpc) is 1.59. The van der Waals surface area contributed by atoms with Crippen molar-refractivity contribution in [2.45, 2.75) is 0 Å². The molecule has 28 aromatic rings. The first-order valence-electron chi connectivity index (χ1n) is 42.9. The van der Waals surface area contributed by atoms with Crippen molar-refractivity contribution in [1.82, 2.24) is 39.0 Å². The summed E-state index contributed by atoms with van der Waals surface area (Å²) in [5.74, 6) is 3.26. The molecule has 586 valence electrons. The largest absolute Gasteiger partial charge is 0.456 e. The van der Waals surface area contributed by atoms with Crippen LogP contribution in [0.25, 0.3) is 286 Å². The van der Waals surface area contributed by atoms with E-state index in [0.29, 0.717) is 34.9 Å². The smallest absolute Gasteiger partial charge is 0.167 e. The normalized spacial score (nSPS) is 12.3. The van der Waals surface area contributed by atoms with E-state index in [1.54, 1.807) is 0 Å². The Hall–Kier alpha value is -17.3. The first kappa shape index (κ1) is 69.4. The molecule has 7 heterocycles. The number of furan rings is 3. The van der Waals surface area contributed by atoms with Crippen LogP contribution in [-0.2, 0) is 0 Å². The van der Waals surface area contributed by atoms with Crippen molar-refractivity contribution in [3.63, 3.8) is 0 Å². The van der Waals surface area contributed by atoms with E-state index in [4.69, 9.17) is 43.2 Å². The molecule has 21 aromatic carbocycles. The standard InChI is InChI=1S/C116H64N8O3/c1-3-21-68(22-4-1)111-117-113(121-114(118-111)86-34-18-38-101-106(86)108-91-63-79(49-44-66(91)47-52-103(108)125-101)123-96-51-46-65-20-11-12-29-81(65)105(96)95-57-71-26-8-10-28-73(71)61-99(95)123)77-43-42-76-58-89(82-30-13-14-31-83(82)90(76)59-77)75-41-40-74-56-94-93-55-70-25-7-9-27-72(70)60-97(93)124(98(94)62-78(74)54-75)80-50-45-67-48-53-104-109(92(67)64-80)107-87(35-19-39-102(107)126-104)115-119-112(69-23-5-2-6-24-69)120-116(122-115)88-36-17-33-85-84-32-15-16-37-100(84)127-110(85)88/h1-64H. The Kier molecular flexibility index (Phi) is 14.5. The minimum absolute atomic E-state index is 0.509. The highest BCUT2D eigenvalue weighted by atomic mass is 16.3.